The number of nitrogens with two attached hydrogens (primary N) is 3. The van der Waals surface area contributed by atoms with E-state index >= 15 is 4.39 Å². The smallest absolute Gasteiger partial charge is 0.254 e. The standard InChI is InChI=1S/C46H60FN9O3.C4H7NO2/c1-28-20-36(29(2)19-35(28)42-26-55(24-30(3)59-42)40(43(49)50)22-39(48)34-7-5-6-8-41(34)57)45(58)54-17-13-46(47,14-18-54)27-53-15-11-33(12-16-53)56-25-38(31-9-10-31)37-21-32(51-4)23-52-44(37)56;6-3-1-2-5-4-7/h5-8,19-23,25,30-31,33,42,51,57H,9-18,24,26-27,48-50H2,1-4H3;3-4H,1-2H2,(H,5,7)/b39-22-;. The van der Waals surface area contributed by atoms with Crippen LogP contribution in [0.2, 0.25) is 0 Å². The van der Waals surface area contributed by atoms with Crippen molar-refractivity contribution in [3.63, 3.8) is 0 Å². The number of nitrogens with zero attached hydrogens (tertiary/aromatic N) is 5. The summed E-state index contributed by atoms with van der Waals surface area (Å²) in [7, 11) is 1.93. The summed E-state index contributed by atoms with van der Waals surface area (Å²) in [4.78, 5) is 44.0. The van der Waals surface area contributed by atoms with Crippen LogP contribution in [0.15, 0.2) is 72.5 Å². The number of phenols is 1. The molecule has 3 saturated heterocycles. The highest BCUT2D eigenvalue weighted by molar-refractivity contribution is 5.96. The molecule has 4 aliphatic rings. The van der Waals surface area contributed by atoms with Gasteiger partial charge in [0.15, 0.2) is 0 Å². The first-order valence-electron chi connectivity index (χ1n) is 23.2. The van der Waals surface area contributed by atoms with Gasteiger partial charge in [-0.15, -0.1) is 0 Å². The molecule has 0 bridgehead atoms. The van der Waals surface area contributed by atoms with Crippen molar-refractivity contribution in [3.05, 3.63) is 106 Å². The van der Waals surface area contributed by atoms with E-state index in [0.717, 1.165) is 60.2 Å². The lowest BCUT2D eigenvalue weighted by Crippen LogP contribution is -2.51. The summed E-state index contributed by atoms with van der Waals surface area (Å²) in [5.41, 5.74) is 25.8. The largest absolute Gasteiger partial charge is 0.507 e. The number of benzene rings is 2. The molecule has 5 heterocycles. The number of aldehydes is 1. The summed E-state index contributed by atoms with van der Waals surface area (Å²) in [5, 5.41) is 17.2. The number of allylic oxidation sites excluding steroid dienone is 1. The highest BCUT2D eigenvalue weighted by Crippen LogP contribution is 2.45. The molecular formula is C50H67FN10O5. The van der Waals surface area contributed by atoms with Crippen molar-refractivity contribution >= 4 is 41.0 Å². The van der Waals surface area contributed by atoms with E-state index in [1.165, 1.54) is 23.8 Å². The van der Waals surface area contributed by atoms with Gasteiger partial charge >= 0.3 is 0 Å². The van der Waals surface area contributed by atoms with Crippen molar-refractivity contribution in [2.75, 3.05) is 64.7 Å². The lowest BCUT2D eigenvalue weighted by Gasteiger charge is -2.41. The number of anilines is 1. The van der Waals surface area contributed by atoms with Crippen LogP contribution in [-0.4, -0.2) is 119 Å². The summed E-state index contributed by atoms with van der Waals surface area (Å²) < 4.78 is 25.3. The third-order valence-corrected chi connectivity index (χ3v) is 13.5. The Kier molecular flexibility index (Phi) is 15.2. The van der Waals surface area contributed by atoms with Gasteiger partial charge in [0, 0.05) is 113 Å². The average Bonchev–Trinajstić information content (AvgIpc) is 4.08. The number of fused-ring (bicyclic) bond motifs is 1. The molecule has 2 aromatic heterocycles. The van der Waals surface area contributed by atoms with Crippen LogP contribution in [0.4, 0.5) is 10.1 Å². The van der Waals surface area contributed by atoms with Crippen molar-refractivity contribution in [2.45, 2.75) is 95.6 Å². The molecule has 0 radical (unpaired) electrons. The van der Waals surface area contributed by atoms with Gasteiger partial charge < -0.3 is 61.7 Å². The van der Waals surface area contributed by atoms with E-state index in [-0.39, 0.29) is 29.7 Å². The number of halogens is 1. The van der Waals surface area contributed by atoms with Crippen LogP contribution in [0.25, 0.3) is 16.7 Å². The molecule has 3 aliphatic heterocycles. The van der Waals surface area contributed by atoms with E-state index in [9.17, 15) is 19.5 Å². The number of pyridine rings is 1. The number of morpholine rings is 1. The Morgan fingerprint density at radius 3 is 2.33 bits per heavy atom. The number of para-hydroxylation sites is 1. The van der Waals surface area contributed by atoms with Crippen molar-refractivity contribution in [1.82, 2.24) is 29.6 Å². The zero-order chi connectivity index (χ0) is 47.1. The number of phenolic OH excluding ortho intramolecular Hbond substituents is 1. The third-order valence-electron chi connectivity index (χ3n) is 13.5. The first-order chi connectivity index (χ1) is 31.7. The molecule has 4 aromatic rings. The van der Waals surface area contributed by atoms with Crippen molar-refractivity contribution in [1.29, 1.82) is 0 Å². The molecule has 9 N–H and O–H groups in total. The normalized spacial score (nSPS) is 20.3. The second kappa shape index (κ2) is 21.0. The molecule has 2 unspecified atom stereocenters. The fourth-order valence-corrected chi connectivity index (χ4v) is 9.72. The fourth-order valence-electron chi connectivity index (χ4n) is 9.72. The quantitative estimate of drug-likeness (QED) is 0.0510. The molecule has 15 nitrogen and oxygen atoms in total. The second-order valence-corrected chi connectivity index (χ2v) is 18.4. The van der Waals surface area contributed by atoms with E-state index in [4.69, 9.17) is 26.9 Å². The highest BCUT2D eigenvalue weighted by atomic mass is 19.1. The number of carbonyl (C=O) groups excluding carboxylic acids is 3. The topological polar surface area (TPSA) is 210 Å². The van der Waals surface area contributed by atoms with Crippen LogP contribution < -0.4 is 27.8 Å². The number of piperidine rings is 2. The van der Waals surface area contributed by atoms with Gasteiger partial charge in [-0.2, -0.15) is 0 Å². The minimum atomic E-state index is -1.33. The first kappa shape index (κ1) is 47.8. The second-order valence-electron chi connectivity index (χ2n) is 18.4. The number of aromatic nitrogens is 2. The summed E-state index contributed by atoms with van der Waals surface area (Å²) in [6.45, 7) is 10.2. The maximum Gasteiger partial charge on any atom is 0.254 e. The minimum Gasteiger partial charge on any atom is -0.507 e. The molecule has 2 atom stereocenters. The summed E-state index contributed by atoms with van der Waals surface area (Å²) in [5.74, 6) is 0.749. The molecule has 16 heteroatoms. The molecule has 2 aromatic carbocycles. The van der Waals surface area contributed by atoms with Crippen LogP contribution in [0.1, 0.15) is 108 Å². The van der Waals surface area contributed by atoms with Gasteiger partial charge in [0.2, 0.25) is 6.41 Å². The van der Waals surface area contributed by atoms with Gasteiger partial charge in [0.05, 0.1) is 23.7 Å². The monoisotopic (exact) mass is 907 g/mol. The number of nitrogens with one attached hydrogen (secondary N) is 2. The van der Waals surface area contributed by atoms with Gasteiger partial charge in [-0.05, 0) is 105 Å². The van der Waals surface area contributed by atoms with Gasteiger partial charge in [-0.1, -0.05) is 18.2 Å². The van der Waals surface area contributed by atoms with E-state index in [1.807, 2.05) is 51.0 Å². The predicted molar refractivity (Wildman–Crippen MR) is 256 cm³/mol. The van der Waals surface area contributed by atoms with Crippen LogP contribution in [0, 0.1) is 13.8 Å². The molecule has 354 valence electrons. The molecule has 4 fully saturated rings. The Bertz CT molecular complexity index is 2420. The third kappa shape index (κ3) is 11.1. The minimum absolute atomic E-state index is 0.0644. The number of aromatic hydroxyl groups is 1. The van der Waals surface area contributed by atoms with Gasteiger partial charge in [0.1, 0.15) is 35.3 Å². The Labute approximate surface area is 387 Å². The maximum atomic E-state index is 16.5. The molecule has 1 aliphatic carbocycles. The summed E-state index contributed by atoms with van der Waals surface area (Å²) >= 11 is 0. The number of ether oxygens (including phenoxy) is 1. The van der Waals surface area contributed by atoms with Crippen LogP contribution >= 0.6 is 0 Å². The van der Waals surface area contributed by atoms with Crippen LogP contribution in [0.3, 0.4) is 0 Å². The number of rotatable bonds is 14. The molecule has 0 spiro atoms. The number of alkyl halides is 1. The van der Waals surface area contributed by atoms with Crippen LogP contribution in [-0.2, 0) is 14.3 Å². The highest BCUT2D eigenvalue weighted by Gasteiger charge is 2.39. The van der Waals surface area contributed by atoms with Gasteiger partial charge in [0.25, 0.3) is 5.91 Å². The molecule has 8 rings (SSSR count). The first-order valence-corrected chi connectivity index (χ1v) is 23.2. The maximum absolute atomic E-state index is 16.5. The summed E-state index contributed by atoms with van der Waals surface area (Å²) in [6.07, 6.45) is 12.3. The molecule has 2 amide bonds. The Morgan fingerprint density at radius 2 is 1.68 bits per heavy atom. The zero-order valence-electron chi connectivity index (χ0n) is 38.8. The SMILES string of the molecule is CNc1cnc2c(c1)c(C1CC1)cn2C1CCN(CC2(F)CCN(C(=O)c3cc(C)c(C4CN(C(/C=C(\N)c5ccccc5O)=C(N)N)CC(C)O4)cc3C)CC2)CC1.O=CCCNC=O. The van der Waals surface area contributed by atoms with Crippen molar-refractivity contribution in [2.24, 2.45) is 17.2 Å². The van der Waals surface area contributed by atoms with Crippen molar-refractivity contribution in [3.8, 4) is 5.75 Å². The van der Waals surface area contributed by atoms with Gasteiger partial charge in [-0.25, -0.2) is 9.37 Å². The Balaban J connectivity index is 0.000000858. The Hall–Kier alpha value is -6.13. The predicted octanol–water partition coefficient (Wildman–Crippen LogP) is 5.73. The number of hydrogen-bond donors (Lipinski definition) is 6. The number of likely N-dealkylation sites (tertiary alicyclic amines) is 2. The van der Waals surface area contributed by atoms with Crippen LogP contribution in [0.5, 0.6) is 5.75 Å². The zero-order valence-corrected chi connectivity index (χ0v) is 38.8. The number of carbonyl (C=O) groups is 3. The fraction of sp³-hybridized carbons (Fsp3) is 0.480. The van der Waals surface area contributed by atoms with E-state index < -0.39 is 5.67 Å². The summed E-state index contributed by atoms with van der Waals surface area (Å²) in [6, 6.07) is 13.4. The molecule has 1 saturated carbocycles. The number of amides is 2. The molecular weight excluding hydrogens is 840 g/mol. The number of hydrogen-bond acceptors (Lipinski definition) is 12. The lowest BCUT2D eigenvalue weighted by molar-refractivity contribution is -0.110. The Morgan fingerprint density at radius 1 is 0.955 bits per heavy atom. The lowest BCUT2D eigenvalue weighted by atomic mass is 9.90. The van der Waals surface area contributed by atoms with E-state index in [2.05, 4.69) is 37.3 Å². The van der Waals surface area contributed by atoms with E-state index in [0.29, 0.717) is 99.4 Å². The van der Waals surface area contributed by atoms with Crippen molar-refractivity contribution < 1.29 is 28.6 Å². The molecule has 66 heavy (non-hydrogen) atoms. The number of aryl methyl sites for hydroxylation is 2. The van der Waals surface area contributed by atoms with Gasteiger partial charge in [-0.3, -0.25) is 9.59 Å². The van der Waals surface area contributed by atoms with E-state index in [1.54, 1.807) is 30.3 Å². The average molecular weight is 907 g/mol.